The smallest absolute Gasteiger partial charge is 0.302 e. The predicted octanol–water partition coefficient (Wildman–Crippen LogP) is 1.30. The quantitative estimate of drug-likeness (QED) is 0.340. The molecule has 0 aliphatic carbocycles. The lowest BCUT2D eigenvalue weighted by atomic mass is 10.1. The highest BCUT2D eigenvalue weighted by Crippen LogP contribution is 2.05. The third-order valence-corrected chi connectivity index (χ3v) is 2.06. The first-order valence-corrected chi connectivity index (χ1v) is 5.33. The van der Waals surface area contributed by atoms with Gasteiger partial charge < -0.3 is 14.2 Å². The van der Waals surface area contributed by atoms with Crippen LogP contribution >= 0.6 is 0 Å². The second kappa shape index (κ2) is 9.30. The minimum Gasteiger partial charge on any atom is -0.466 e. The van der Waals surface area contributed by atoms with Crippen molar-refractivity contribution in [2.24, 2.45) is 0 Å². The molecule has 0 heterocycles. The van der Waals surface area contributed by atoms with E-state index in [0.717, 1.165) is 19.3 Å². The molecule has 0 rings (SSSR count). The molecule has 0 spiro atoms. The van der Waals surface area contributed by atoms with Gasteiger partial charge in [-0.3, -0.25) is 9.59 Å². The predicted molar refractivity (Wildman–Crippen MR) is 57.9 cm³/mol. The standard InChI is InChI=1S/C11H20O5/c1-9(12)16-8-6-4-5-7-10(13)11(14-2)15-3/h11H,4-8H2,1-3H3. The van der Waals surface area contributed by atoms with Crippen molar-refractivity contribution in [3.63, 3.8) is 0 Å². The summed E-state index contributed by atoms with van der Waals surface area (Å²) in [7, 11) is 2.87. The molecule has 0 saturated carbocycles. The number of Topliss-reactive ketones (excluding diaryl/α,β-unsaturated/α-hetero) is 1. The van der Waals surface area contributed by atoms with Gasteiger partial charge in [-0.1, -0.05) is 0 Å². The van der Waals surface area contributed by atoms with Crippen LogP contribution in [0.4, 0.5) is 0 Å². The fourth-order valence-corrected chi connectivity index (χ4v) is 1.27. The van der Waals surface area contributed by atoms with Crippen LogP contribution in [0.2, 0.25) is 0 Å². The molecule has 0 N–H and O–H groups in total. The molecule has 0 fully saturated rings. The monoisotopic (exact) mass is 232 g/mol. The lowest BCUT2D eigenvalue weighted by molar-refractivity contribution is -0.156. The Morgan fingerprint density at radius 1 is 1.06 bits per heavy atom. The molecule has 0 aromatic rings. The fourth-order valence-electron chi connectivity index (χ4n) is 1.27. The molecule has 0 atom stereocenters. The first-order chi connectivity index (χ1) is 7.61. The summed E-state index contributed by atoms with van der Waals surface area (Å²) in [4.78, 5) is 21.9. The minimum absolute atomic E-state index is 0.0579. The van der Waals surface area contributed by atoms with E-state index in [1.165, 1.54) is 21.1 Å². The number of hydrogen-bond donors (Lipinski definition) is 0. The first-order valence-electron chi connectivity index (χ1n) is 5.33. The summed E-state index contributed by atoms with van der Waals surface area (Å²) in [6.45, 7) is 1.80. The average molecular weight is 232 g/mol. The van der Waals surface area contributed by atoms with Gasteiger partial charge in [0.2, 0.25) is 6.29 Å². The maximum absolute atomic E-state index is 11.4. The minimum atomic E-state index is -0.756. The molecule has 94 valence electrons. The van der Waals surface area contributed by atoms with E-state index in [4.69, 9.17) is 14.2 Å². The van der Waals surface area contributed by atoms with E-state index >= 15 is 0 Å². The summed E-state index contributed by atoms with van der Waals surface area (Å²) in [5, 5.41) is 0. The maximum atomic E-state index is 11.4. The summed E-state index contributed by atoms with van der Waals surface area (Å²) in [5.74, 6) is -0.326. The Hall–Kier alpha value is -0.940. The van der Waals surface area contributed by atoms with Crippen LogP contribution in [-0.4, -0.2) is 38.9 Å². The highest BCUT2D eigenvalue weighted by molar-refractivity contribution is 5.81. The lowest BCUT2D eigenvalue weighted by Crippen LogP contribution is -2.24. The Kier molecular flexibility index (Phi) is 8.75. The number of hydrogen-bond acceptors (Lipinski definition) is 5. The Balaban J connectivity index is 3.44. The summed E-state index contributed by atoms with van der Waals surface area (Å²) in [6.07, 6.45) is 2.04. The van der Waals surface area contributed by atoms with Crippen molar-refractivity contribution in [2.75, 3.05) is 20.8 Å². The van der Waals surface area contributed by atoms with Crippen LogP contribution in [0.3, 0.4) is 0 Å². The van der Waals surface area contributed by atoms with Crippen molar-refractivity contribution in [1.82, 2.24) is 0 Å². The maximum Gasteiger partial charge on any atom is 0.302 e. The molecular formula is C11H20O5. The molecule has 0 saturated heterocycles. The van der Waals surface area contributed by atoms with E-state index in [1.54, 1.807) is 0 Å². The third kappa shape index (κ3) is 7.36. The van der Waals surface area contributed by atoms with E-state index in [9.17, 15) is 9.59 Å². The Labute approximate surface area is 96.1 Å². The van der Waals surface area contributed by atoms with E-state index in [2.05, 4.69) is 0 Å². The lowest BCUT2D eigenvalue weighted by Gasteiger charge is -2.11. The van der Waals surface area contributed by atoms with Crippen molar-refractivity contribution in [2.45, 2.75) is 38.9 Å². The Morgan fingerprint density at radius 3 is 2.19 bits per heavy atom. The molecule has 0 aliphatic heterocycles. The van der Waals surface area contributed by atoms with Gasteiger partial charge >= 0.3 is 5.97 Å². The van der Waals surface area contributed by atoms with Gasteiger partial charge in [-0.25, -0.2) is 0 Å². The van der Waals surface area contributed by atoms with Gasteiger partial charge in [-0.2, -0.15) is 0 Å². The molecular weight excluding hydrogens is 212 g/mol. The summed E-state index contributed by atoms with van der Waals surface area (Å²) in [5.41, 5.74) is 0. The van der Waals surface area contributed by atoms with Crippen molar-refractivity contribution >= 4 is 11.8 Å². The summed E-state index contributed by atoms with van der Waals surface area (Å²) < 4.78 is 14.4. The summed E-state index contributed by atoms with van der Waals surface area (Å²) in [6, 6.07) is 0. The van der Waals surface area contributed by atoms with Gasteiger partial charge in [-0.15, -0.1) is 0 Å². The normalized spacial score (nSPS) is 10.5. The van der Waals surface area contributed by atoms with Crippen LogP contribution in [-0.2, 0) is 23.8 Å². The summed E-state index contributed by atoms with van der Waals surface area (Å²) >= 11 is 0. The number of carbonyl (C=O) groups excluding carboxylic acids is 2. The Morgan fingerprint density at radius 2 is 1.69 bits per heavy atom. The second-order valence-corrected chi connectivity index (χ2v) is 3.42. The van der Waals surface area contributed by atoms with Gasteiger partial charge in [-0.05, 0) is 19.3 Å². The third-order valence-electron chi connectivity index (χ3n) is 2.06. The molecule has 0 radical (unpaired) electrons. The van der Waals surface area contributed by atoms with Crippen molar-refractivity contribution < 1.29 is 23.8 Å². The van der Waals surface area contributed by atoms with Gasteiger partial charge in [0, 0.05) is 27.6 Å². The SMILES string of the molecule is COC(OC)C(=O)CCCCCOC(C)=O. The Bertz CT molecular complexity index is 210. The number of rotatable bonds is 9. The van der Waals surface area contributed by atoms with Crippen LogP contribution < -0.4 is 0 Å². The van der Waals surface area contributed by atoms with E-state index in [0.29, 0.717) is 13.0 Å². The van der Waals surface area contributed by atoms with E-state index in [1.807, 2.05) is 0 Å². The average Bonchev–Trinajstić information content (AvgIpc) is 2.24. The largest absolute Gasteiger partial charge is 0.466 e. The van der Waals surface area contributed by atoms with Crippen LogP contribution in [0.5, 0.6) is 0 Å². The van der Waals surface area contributed by atoms with Crippen LogP contribution in [0.25, 0.3) is 0 Å². The second-order valence-electron chi connectivity index (χ2n) is 3.42. The van der Waals surface area contributed by atoms with Crippen molar-refractivity contribution in [3.05, 3.63) is 0 Å². The molecule has 0 aromatic heterocycles. The van der Waals surface area contributed by atoms with E-state index < -0.39 is 6.29 Å². The molecule has 0 amide bonds. The molecule has 0 unspecified atom stereocenters. The fraction of sp³-hybridized carbons (Fsp3) is 0.818. The number of esters is 1. The molecule has 5 heteroatoms. The van der Waals surface area contributed by atoms with E-state index in [-0.39, 0.29) is 11.8 Å². The number of ketones is 1. The zero-order chi connectivity index (χ0) is 12.4. The highest BCUT2D eigenvalue weighted by Gasteiger charge is 2.15. The molecule has 0 aromatic carbocycles. The number of ether oxygens (including phenoxy) is 3. The van der Waals surface area contributed by atoms with Crippen molar-refractivity contribution in [1.29, 1.82) is 0 Å². The number of carbonyl (C=O) groups is 2. The number of methoxy groups -OCH3 is 2. The highest BCUT2D eigenvalue weighted by atomic mass is 16.7. The van der Waals surface area contributed by atoms with Gasteiger partial charge in [0.1, 0.15) is 0 Å². The first kappa shape index (κ1) is 15.1. The van der Waals surface area contributed by atoms with Gasteiger partial charge in [0.15, 0.2) is 5.78 Å². The number of unbranched alkanes of at least 4 members (excludes halogenated alkanes) is 2. The molecule has 0 aliphatic rings. The zero-order valence-corrected chi connectivity index (χ0v) is 10.2. The zero-order valence-electron chi connectivity index (χ0n) is 10.2. The van der Waals surface area contributed by atoms with Gasteiger partial charge in [0.05, 0.1) is 6.61 Å². The van der Waals surface area contributed by atoms with Crippen LogP contribution in [0.15, 0.2) is 0 Å². The van der Waals surface area contributed by atoms with Crippen LogP contribution in [0, 0.1) is 0 Å². The van der Waals surface area contributed by atoms with Crippen LogP contribution in [0.1, 0.15) is 32.6 Å². The van der Waals surface area contributed by atoms with Gasteiger partial charge in [0.25, 0.3) is 0 Å². The topological polar surface area (TPSA) is 61.8 Å². The molecule has 5 nitrogen and oxygen atoms in total. The molecule has 16 heavy (non-hydrogen) atoms. The molecule has 0 bridgehead atoms. The van der Waals surface area contributed by atoms with Crippen molar-refractivity contribution in [3.8, 4) is 0 Å².